The smallest absolute Gasteiger partial charge is 0.162 e. The lowest BCUT2D eigenvalue weighted by Gasteiger charge is -2.12. The van der Waals surface area contributed by atoms with Crippen molar-refractivity contribution in [3.63, 3.8) is 0 Å². The van der Waals surface area contributed by atoms with Crippen molar-refractivity contribution in [3.8, 4) is 28.5 Å². The van der Waals surface area contributed by atoms with Crippen LogP contribution in [0.4, 0.5) is 0 Å². The Bertz CT molecular complexity index is 2770. The lowest BCUT2D eigenvalue weighted by atomic mass is 10.1. The third-order valence-corrected chi connectivity index (χ3v) is 10.0. The van der Waals surface area contributed by atoms with Crippen LogP contribution in [0, 0.1) is 0 Å². The highest BCUT2D eigenvalue weighted by Gasteiger charge is 2.20. The molecule has 210 valence electrons. The van der Waals surface area contributed by atoms with E-state index in [1.54, 1.807) is 0 Å². The van der Waals surface area contributed by atoms with Crippen molar-refractivity contribution >= 4 is 75.3 Å². The molecule has 0 N–H and O–H groups in total. The minimum atomic E-state index is 0.689. The van der Waals surface area contributed by atoms with Crippen LogP contribution in [0.1, 0.15) is 0 Å². The second-order valence-corrected chi connectivity index (χ2v) is 12.4. The summed E-state index contributed by atoms with van der Waals surface area (Å²) < 4.78 is 11.0. The molecule has 6 aromatic carbocycles. The highest BCUT2D eigenvalue weighted by molar-refractivity contribution is 7.26. The molecule has 0 radical (unpaired) electrons. The number of thiophene rings is 1. The molecule has 10 aromatic rings. The minimum Gasteiger partial charge on any atom is -0.456 e. The van der Waals surface area contributed by atoms with Crippen molar-refractivity contribution in [2.24, 2.45) is 0 Å². The predicted molar refractivity (Wildman–Crippen MR) is 187 cm³/mol. The van der Waals surface area contributed by atoms with Gasteiger partial charge in [0.25, 0.3) is 0 Å². The number of hydrogen-bond acceptors (Lipinski definition) is 4. The van der Waals surface area contributed by atoms with Crippen LogP contribution >= 0.6 is 11.3 Å². The molecule has 5 heteroatoms. The summed E-state index contributed by atoms with van der Waals surface area (Å²) in [7, 11) is 0. The van der Waals surface area contributed by atoms with Crippen molar-refractivity contribution < 1.29 is 4.42 Å². The Morgan fingerprint density at radius 1 is 0.511 bits per heavy atom. The molecule has 0 atom stereocenters. The van der Waals surface area contributed by atoms with Gasteiger partial charge in [0, 0.05) is 58.9 Å². The van der Waals surface area contributed by atoms with Gasteiger partial charge in [-0.05, 0) is 42.5 Å². The molecule has 0 unspecified atom stereocenters. The second kappa shape index (κ2) is 9.36. The fourth-order valence-corrected chi connectivity index (χ4v) is 8.04. The van der Waals surface area contributed by atoms with Gasteiger partial charge in [0.15, 0.2) is 5.82 Å². The second-order valence-electron chi connectivity index (χ2n) is 11.4. The van der Waals surface area contributed by atoms with Crippen molar-refractivity contribution in [2.45, 2.75) is 0 Å². The highest BCUT2D eigenvalue weighted by atomic mass is 32.1. The van der Waals surface area contributed by atoms with E-state index in [4.69, 9.17) is 14.4 Å². The van der Waals surface area contributed by atoms with Crippen molar-refractivity contribution in [1.82, 2.24) is 14.5 Å². The maximum absolute atomic E-state index is 6.14. The molecule has 0 aliphatic carbocycles. The molecule has 4 aromatic heterocycles. The van der Waals surface area contributed by atoms with Gasteiger partial charge in [-0.2, -0.15) is 0 Å². The maximum Gasteiger partial charge on any atom is 0.162 e. The van der Waals surface area contributed by atoms with E-state index in [2.05, 4.69) is 108 Å². The fraction of sp³-hybridized carbons (Fsp3) is 0. The number of para-hydroxylation sites is 2. The molecule has 45 heavy (non-hydrogen) atoms. The van der Waals surface area contributed by atoms with Gasteiger partial charge >= 0.3 is 0 Å². The number of aromatic nitrogens is 3. The number of benzene rings is 6. The molecule has 0 aliphatic rings. The van der Waals surface area contributed by atoms with Crippen LogP contribution in [0.5, 0.6) is 0 Å². The zero-order chi connectivity index (χ0) is 29.5. The highest BCUT2D eigenvalue weighted by Crippen LogP contribution is 2.43. The zero-order valence-electron chi connectivity index (χ0n) is 23.9. The summed E-state index contributed by atoms with van der Waals surface area (Å²) in [5.74, 6) is 1.52. The number of furan rings is 1. The number of hydrogen-bond donors (Lipinski definition) is 0. The van der Waals surface area contributed by atoms with Crippen LogP contribution < -0.4 is 0 Å². The molecule has 10 rings (SSSR count). The Kier molecular flexibility index (Phi) is 5.12. The first kappa shape index (κ1) is 24.6. The third-order valence-electron chi connectivity index (χ3n) is 8.83. The first-order valence-electron chi connectivity index (χ1n) is 15.0. The maximum atomic E-state index is 6.14. The Morgan fingerprint density at radius 2 is 1.27 bits per heavy atom. The normalized spacial score (nSPS) is 12.0. The molecule has 4 heterocycles. The predicted octanol–water partition coefficient (Wildman–Crippen LogP) is 11.2. The van der Waals surface area contributed by atoms with E-state index in [1.165, 1.54) is 30.9 Å². The van der Waals surface area contributed by atoms with E-state index >= 15 is 0 Å². The quantitative estimate of drug-likeness (QED) is 0.205. The van der Waals surface area contributed by atoms with Gasteiger partial charge in [-0.3, -0.25) is 4.57 Å². The van der Waals surface area contributed by atoms with Gasteiger partial charge in [0.2, 0.25) is 0 Å². The van der Waals surface area contributed by atoms with Crippen LogP contribution in [0.3, 0.4) is 0 Å². The Balaban J connectivity index is 1.28. The van der Waals surface area contributed by atoms with Crippen LogP contribution in [-0.2, 0) is 0 Å². The van der Waals surface area contributed by atoms with E-state index in [9.17, 15) is 0 Å². The van der Waals surface area contributed by atoms with Crippen molar-refractivity contribution in [1.29, 1.82) is 0 Å². The molecule has 0 saturated carbocycles. The molecule has 4 nitrogen and oxygen atoms in total. The number of nitrogens with zero attached hydrogens (tertiary/aromatic N) is 3. The lowest BCUT2D eigenvalue weighted by molar-refractivity contribution is 0.669. The molecule has 0 fully saturated rings. The lowest BCUT2D eigenvalue weighted by Crippen LogP contribution is -2.02. The average Bonchev–Trinajstić information content (AvgIpc) is 3.77. The summed E-state index contributed by atoms with van der Waals surface area (Å²) in [5.41, 5.74) is 6.86. The van der Waals surface area contributed by atoms with Gasteiger partial charge < -0.3 is 4.42 Å². The summed E-state index contributed by atoms with van der Waals surface area (Å²) >= 11 is 1.86. The van der Waals surface area contributed by atoms with Gasteiger partial charge in [-0.15, -0.1) is 11.3 Å². The minimum absolute atomic E-state index is 0.689. The summed E-state index contributed by atoms with van der Waals surface area (Å²) in [6, 6.07) is 48.7. The van der Waals surface area contributed by atoms with Crippen LogP contribution in [0.2, 0.25) is 0 Å². The van der Waals surface area contributed by atoms with E-state index < -0.39 is 0 Å². The van der Waals surface area contributed by atoms with Gasteiger partial charge in [0.1, 0.15) is 17.0 Å². The van der Waals surface area contributed by atoms with E-state index in [0.29, 0.717) is 5.82 Å². The Morgan fingerprint density at radius 3 is 2.18 bits per heavy atom. The fourth-order valence-electron chi connectivity index (χ4n) is 6.78. The molecule has 0 amide bonds. The van der Waals surface area contributed by atoms with E-state index in [-0.39, 0.29) is 0 Å². The third kappa shape index (κ3) is 3.65. The molecule has 0 spiro atoms. The van der Waals surface area contributed by atoms with Crippen LogP contribution in [0.15, 0.2) is 144 Å². The summed E-state index contributed by atoms with van der Waals surface area (Å²) in [6.45, 7) is 0. The van der Waals surface area contributed by atoms with E-state index in [1.807, 2.05) is 47.7 Å². The SMILES string of the molecule is c1ccc(-c2nc(-c3ccc4oc5ccccc5c4c3)cc(-n3c4ccccc4c4c5sc6ccccc6c5ccc43)n2)cc1. The summed E-state index contributed by atoms with van der Waals surface area (Å²) in [5, 5.41) is 7.25. The summed E-state index contributed by atoms with van der Waals surface area (Å²) in [4.78, 5) is 10.4. The standard InChI is InChI=1S/C40H23N3OS/c1-2-10-24(11-3-1)40-41-31(25-18-21-35-30(22-25)26-12-5-8-16-34(26)44-35)23-37(42-40)43-32-15-7-4-14-29(32)38-33(43)20-19-28-27-13-6-9-17-36(27)45-39(28)38/h1-23H. The van der Waals surface area contributed by atoms with Crippen LogP contribution in [-0.4, -0.2) is 14.5 Å². The Hall–Kier alpha value is -5.78. The largest absolute Gasteiger partial charge is 0.456 e. The monoisotopic (exact) mass is 593 g/mol. The molecule has 0 aliphatic heterocycles. The first-order valence-corrected chi connectivity index (χ1v) is 15.8. The average molecular weight is 594 g/mol. The van der Waals surface area contributed by atoms with Crippen LogP contribution in [0.25, 0.3) is 92.4 Å². The van der Waals surface area contributed by atoms with Gasteiger partial charge in [-0.25, -0.2) is 9.97 Å². The van der Waals surface area contributed by atoms with Crippen molar-refractivity contribution in [3.05, 3.63) is 140 Å². The number of rotatable bonds is 3. The molecular weight excluding hydrogens is 571 g/mol. The Labute approximate surface area is 261 Å². The molecular formula is C40H23N3OS. The molecule has 0 bridgehead atoms. The zero-order valence-corrected chi connectivity index (χ0v) is 24.8. The van der Waals surface area contributed by atoms with E-state index in [0.717, 1.165) is 55.6 Å². The van der Waals surface area contributed by atoms with Gasteiger partial charge in [0.05, 0.1) is 16.7 Å². The summed E-state index contributed by atoms with van der Waals surface area (Å²) in [6.07, 6.45) is 0. The topological polar surface area (TPSA) is 43.9 Å². The first-order chi connectivity index (χ1) is 22.3. The molecule has 0 saturated heterocycles. The van der Waals surface area contributed by atoms with Crippen molar-refractivity contribution in [2.75, 3.05) is 0 Å². The number of fused-ring (bicyclic) bond motifs is 10. The van der Waals surface area contributed by atoms with Gasteiger partial charge in [-0.1, -0.05) is 91.0 Å².